The number of nitriles is 1. The molecular weight excluding hydrogens is 240 g/mol. The Labute approximate surface area is 101 Å². The number of hydrogen-bond donors (Lipinski definition) is 1. The van der Waals surface area contributed by atoms with Crippen molar-refractivity contribution in [3.05, 3.63) is 29.8 Å². The Morgan fingerprint density at radius 1 is 1.53 bits per heavy atom. The van der Waals surface area contributed by atoms with E-state index in [1.54, 1.807) is 37.4 Å². The average molecular weight is 254 g/mol. The summed E-state index contributed by atoms with van der Waals surface area (Å²) in [6.07, 6.45) is 0. The van der Waals surface area contributed by atoms with Crippen LogP contribution in [-0.2, 0) is 16.6 Å². The Kier molecular flexibility index (Phi) is 4.49. The minimum absolute atomic E-state index is 0.144. The highest BCUT2D eigenvalue weighted by atomic mass is 32.2. The van der Waals surface area contributed by atoms with Crippen molar-refractivity contribution >= 4 is 10.0 Å². The zero-order valence-electron chi connectivity index (χ0n) is 9.67. The van der Waals surface area contributed by atoms with Crippen LogP contribution in [0.2, 0.25) is 0 Å². The number of benzene rings is 1. The molecule has 0 aliphatic carbocycles. The number of sulfonamides is 1. The molecule has 1 aromatic carbocycles. The van der Waals surface area contributed by atoms with Gasteiger partial charge in [-0.2, -0.15) is 5.26 Å². The Hall–Kier alpha value is -1.58. The lowest BCUT2D eigenvalue weighted by Crippen LogP contribution is -2.31. The molecule has 0 heterocycles. The van der Waals surface area contributed by atoms with Crippen molar-refractivity contribution in [1.82, 2.24) is 4.72 Å². The molecule has 0 radical (unpaired) electrons. The van der Waals surface area contributed by atoms with Gasteiger partial charge in [-0.1, -0.05) is 12.1 Å². The third-order valence-corrected chi connectivity index (χ3v) is 3.84. The minimum Gasteiger partial charge on any atom is -0.497 e. The van der Waals surface area contributed by atoms with Crippen LogP contribution in [0.1, 0.15) is 12.5 Å². The minimum atomic E-state index is -3.58. The maximum absolute atomic E-state index is 11.5. The van der Waals surface area contributed by atoms with Gasteiger partial charge in [0.2, 0.25) is 10.0 Å². The number of nitrogens with one attached hydrogen (secondary N) is 1. The summed E-state index contributed by atoms with van der Waals surface area (Å²) >= 11 is 0. The van der Waals surface area contributed by atoms with Crippen LogP contribution in [0.5, 0.6) is 5.75 Å². The molecule has 0 saturated heterocycles. The standard InChI is InChI=1S/C11H14N2O3S/c1-9(7-12)17(14,15)13-8-10-4-3-5-11(6-10)16-2/h3-6,9,13H,8H2,1-2H3. The largest absolute Gasteiger partial charge is 0.497 e. The summed E-state index contributed by atoms with van der Waals surface area (Å²) in [6.45, 7) is 1.49. The van der Waals surface area contributed by atoms with Gasteiger partial charge in [0, 0.05) is 6.54 Å². The first kappa shape index (κ1) is 13.5. The van der Waals surface area contributed by atoms with Crippen LogP contribution < -0.4 is 9.46 Å². The summed E-state index contributed by atoms with van der Waals surface area (Å²) in [5.74, 6) is 0.662. The highest BCUT2D eigenvalue weighted by Gasteiger charge is 2.19. The lowest BCUT2D eigenvalue weighted by Gasteiger charge is -2.08. The molecule has 0 fully saturated rings. The van der Waals surface area contributed by atoms with Crippen LogP contribution >= 0.6 is 0 Å². The van der Waals surface area contributed by atoms with Crippen molar-refractivity contribution in [2.75, 3.05) is 7.11 Å². The highest BCUT2D eigenvalue weighted by Crippen LogP contribution is 2.12. The van der Waals surface area contributed by atoms with Crippen LogP contribution in [0, 0.1) is 11.3 Å². The van der Waals surface area contributed by atoms with E-state index in [2.05, 4.69) is 4.72 Å². The van der Waals surface area contributed by atoms with Crippen molar-refractivity contribution in [3.8, 4) is 11.8 Å². The first-order valence-electron chi connectivity index (χ1n) is 5.00. The Morgan fingerprint density at radius 2 is 2.24 bits per heavy atom. The quantitative estimate of drug-likeness (QED) is 0.851. The van der Waals surface area contributed by atoms with Gasteiger partial charge in [0.25, 0.3) is 0 Å². The summed E-state index contributed by atoms with van der Waals surface area (Å²) < 4.78 is 30.4. The van der Waals surface area contributed by atoms with Gasteiger partial charge >= 0.3 is 0 Å². The van der Waals surface area contributed by atoms with Crippen molar-refractivity contribution in [3.63, 3.8) is 0 Å². The fourth-order valence-electron chi connectivity index (χ4n) is 1.16. The molecule has 1 rings (SSSR count). The van der Waals surface area contributed by atoms with Crippen molar-refractivity contribution in [2.45, 2.75) is 18.7 Å². The summed E-state index contributed by atoms with van der Waals surface area (Å²) in [5, 5.41) is 7.50. The van der Waals surface area contributed by atoms with Crippen LogP contribution in [0.25, 0.3) is 0 Å². The molecule has 5 nitrogen and oxygen atoms in total. The molecule has 1 aromatic rings. The summed E-state index contributed by atoms with van der Waals surface area (Å²) in [7, 11) is -2.04. The van der Waals surface area contributed by atoms with Gasteiger partial charge in [-0.3, -0.25) is 0 Å². The predicted molar refractivity (Wildman–Crippen MR) is 63.8 cm³/mol. The predicted octanol–water partition coefficient (Wildman–Crippen LogP) is 1.03. The molecule has 0 bridgehead atoms. The monoisotopic (exact) mass is 254 g/mol. The molecule has 1 N–H and O–H groups in total. The second-order valence-corrected chi connectivity index (χ2v) is 5.57. The summed E-state index contributed by atoms with van der Waals surface area (Å²) in [5.41, 5.74) is 0.776. The molecule has 0 aliphatic heterocycles. The number of methoxy groups -OCH3 is 1. The van der Waals surface area contributed by atoms with Crippen molar-refractivity contribution in [2.24, 2.45) is 0 Å². The van der Waals surface area contributed by atoms with Crippen LogP contribution in [-0.4, -0.2) is 20.8 Å². The fourth-order valence-corrected chi connectivity index (χ4v) is 1.92. The third kappa shape index (κ3) is 3.73. The van der Waals surface area contributed by atoms with E-state index in [0.29, 0.717) is 5.75 Å². The second-order valence-electron chi connectivity index (χ2n) is 3.49. The SMILES string of the molecule is COc1cccc(CNS(=O)(=O)C(C)C#N)c1. The molecule has 1 atom stereocenters. The zero-order chi connectivity index (χ0) is 12.9. The van der Waals surface area contributed by atoms with E-state index in [4.69, 9.17) is 10.00 Å². The maximum atomic E-state index is 11.5. The van der Waals surface area contributed by atoms with Gasteiger partial charge in [-0.25, -0.2) is 13.1 Å². The molecule has 0 amide bonds. The number of hydrogen-bond acceptors (Lipinski definition) is 4. The maximum Gasteiger partial charge on any atom is 0.227 e. The average Bonchev–Trinajstić information content (AvgIpc) is 2.35. The van der Waals surface area contributed by atoms with E-state index < -0.39 is 15.3 Å². The van der Waals surface area contributed by atoms with Gasteiger partial charge in [0.05, 0.1) is 13.2 Å². The van der Waals surface area contributed by atoms with Crippen molar-refractivity contribution < 1.29 is 13.2 Å². The summed E-state index contributed by atoms with van der Waals surface area (Å²) in [4.78, 5) is 0. The third-order valence-electron chi connectivity index (χ3n) is 2.26. The molecular formula is C11H14N2O3S. The molecule has 0 saturated carbocycles. The first-order chi connectivity index (χ1) is 7.99. The van der Waals surface area contributed by atoms with E-state index in [1.165, 1.54) is 6.92 Å². The Bertz CT molecular complexity index is 520. The molecule has 1 unspecified atom stereocenters. The van der Waals surface area contributed by atoms with Crippen LogP contribution in [0.4, 0.5) is 0 Å². The topological polar surface area (TPSA) is 79.2 Å². The number of rotatable bonds is 5. The molecule has 92 valence electrons. The Morgan fingerprint density at radius 3 is 2.82 bits per heavy atom. The normalized spacial score (nSPS) is 12.8. The molecule has 6 heteroatoms. The first-order valence-corrected chi connectivity index (χ1v) is 6.55. The molecule has 0 spiro atoms. The highest BCUT2D eigenvalue weighted by molar-refractivity contribution is 7.90. The van der Waals surface area contributed by atoms with Gasteiger partial charge in [0.1, 0.15) is 5.75 Å². The number of ether oxygens (including phenoxy) is 1. The second kappa shape index (κ2) is 5.66. The molecule has 0 aliphatic rings. The number of nitrogens with zero attached hydrogens (tertiary/aromatic N) is 1. The van der Waals surface area contributed by atoms with E-state index in [9.17, 15) is 8.42 Å². The van der Waals surface area contributed by atoms with E-state index in [-0.39, 0.29) is 6.54 Å². The lowest BCUT2D eigenvalue weighted by molar-refractivity contribution is 0.414. The summed E-state index contributed by atoms with van der Waals surface area (Å²) in [6, 6.07) is 8.75. The van der Waals surface area contributed by atoms with E-state index in [0.717, 1.165) is 5.56 Å². The van der Waals surface area contributed by atoms with Crippen LogP contribution in [0.15, 0.2) is 24.3 Å². The lowest BCUT2D eigenvalue weighted by atomic mass is 10.2. The van der Waals surface area contributed by atoms with Crippen LogP contribution in [0.3, 0.4) is 0 Å². The molecule has 17 heavy (non-hydrogen) atoms. The van der Waals surface area contributed by atoms with Gasteiger partial charge < -0.3 is 4.74 Å². The van der Waals surface area contributed by atoms with Gasteiger partial charge in [-0.15, -0.1) is 0 Å². The fraction of sp³-hybridized carbons (Fsp3) is 0.364. The smallest absolute Gasteiger partial charge is 0.227 e. The van der Waals surface area contributed by atoms with Crippen molar-refractivity contribution in [1.29, 1.82) is 5.26 Å². The zero-order valence-corrected chi connectivity index (χ0v) is 10.5. The van der Waals surface area contributed by atoms with E-state index >= 15 is 0 Å². The van der Waals surface area contributed by atoms with E-state index in [1.807, 2.05) is 0 Å². The van der Waals surface area contributed by atoms with Gasteiger partial charge in [-0.05, 0) is 24.6 Å². The molecule has 0 aromatic heterocycles. The Balaban J connectivity index is 2.71. The van der Waals surface area contributed by atoms with Gasteiger partial charge in [0.15, 0.2) is 5.25 Å².